The number of anilines is 1. The monoisotopic (exact) mass is 380 g/mol. The van der Waals surface area contributed by atoms with Crippen LogP contribution in [-0.2, 0) is 16.1 Å². The molecule has 0 saturated heterocycles. The van der Waals surface area contributed by atoms with E-state index in [1.165, 1.54) is 7.11 Å². The van der Waals surface area contributed by atoms with E-state index in [1.807, 2.05) is 19.1 Å². The number of hydrogen-bond donors (Lipinski definition) is 2. The normalized spacial score (nSPS) is 11.1. The maximum atomic E-state index is 12.1. The number of nitrogens with zero attached hydrogens (tertiary/aromatic N) is 3. The zero-order valence-electron chi connectivity index (χ0n) is 15.5. The van der Waals surface area contributed by atoms with Crippen molar-refractivity contribution in [1.82, 2.24) is 4.57 Å². The first-order valence-corrected chi connectivity index (χ1v) is 8.77. The van der Waals surface area contributed by atoms with Crippen LogP contribution in [0.25, 0.3) is 10.9 Å². The second kappa shape index (κ2) is 8.34. The quantitative estimate of drug-likeness (QED) is 0.515. The molecule has 0 fully saturated rings. The Labute approximate surface area is 161 Å². The van der Waals surface area contributed by atoms with Gasteiger partial charge in [0.25, 0.3) is 0 Å². The van der Waals surface area contributed by atoms with Crippen LogP contribution in [0.1, 0.15) is 13.3 Å². The molecule has 0 radical (unpaired) electrons. The summed E-state index contributed by atoms with van der Waals surface area (Å²) in [6.45, 7) is 2.57. The SMILES string of the molecule is CCCn1c(O)c(N=NC(=O)C(=O)Nc2ccccc2OC)c2ccccc21. The third kappa shape index (κ3) is 3.71. The lowest BCUT2D eigenvalue weighted by Crippen LogP contribution is -2.20. The molecule has 0 aliphatic heterocycles. The molecule has 1 heterocycles. The number of aromatic nitrogens is 1. The second-order valence-corrected chi connectivity index (χ2v) is 6.00. The van der Waals surface area contributed by atoms with Gasteiger partial charge in [-0.1, -0.05) is 37.3 Å². The molecule has 28 heavy (non-hydrogen) atoms. The number of carbonyl (C=O) groups excluding carboxylic acids is 2. The molecule has 3 rings (SSSR count). The Kier molecular flexibility index (Phi) is 5.69. The number of fused-ring (bicyclic) bond motifs is 1. The summed E-state index contributed by atoms with van der Waals surface area (Å²) in [5.41, 5.74) is 1.28. The van der Waals surface area contributed by atoms with Crippen molar-refractivity contribution < 1.29 is 19.4 Å². The predicted octanol–water partition coefficient (Wildman–Crippen LogP) is 4.01. The summed E-state index contributed by atoms with van der Waals surface area (Å²) in [5, 5.41) is 20.9. The molecule has 2 N–H and O–H groups in total. The minimum absolute atomic E-state index is 0.0928. The first kappa shape index (κ1) is 19.1. The molecule has 0 atom stereocenters. The van der Waals surface area contributed by atoms with Crippen molar-refractivity contribution in [3.8, 4) is 11.6 Å². The average Bonchev–Trinajstić information content (AvgIpc) is 2.98. The van der Waals surface area contributed by atoms with Crippen LogP contribution in [0.4, 0.5) is 11.4 Å². The Balaban J connectivity index is 1.84. The lowest BCUT2D eigenvalue weighted by atomic mass is 10.2. The number of aryl methyl sites for hydroxylation is 1. The number of aromatic hydroxyl groups is 1. The second-order valence-electron chi connectivity index (χ2n) is 6.00. The fraction of sp³-hybridized carbons (Fsp3) is 0.200. The molecule has 3 aromatic rings. The van der Waals surface area contributed by atoms with E-state index in [0.717, 1.165) is 11.9 Å². The van der Waals surface area contributed by atoms with Gasteiger partial charge in [-0.2, -0.15) is 0 Å². The lowest BCUT2D eigenvalue weighted by Gasteiger charge is -2.07. The van der Waals surface area contributed by atoms with Gasteiger partial charge >= 0.3 is 11.8 Å². The van der Waals surface area contributed by atoms with E-state index in [4.69, 9.17) is 4.74 Å². The third-order valence-corrected chi connectivity index (χ3v) is 4.15. The summed E-state index contributed by atoms with van der Waals surface area (Å²) in [6, 6.07) is 14.0. The number of hydrogen-bond acceptors (Lipinski definition) is 5. The van der Waals surface area contributed by atoms with Gasteiger partial charge in [-0.05, 0) is 24.6 Å². The van der Waals surface area contributed by atoms with Crippen LogP contribution < -0.4 is 10.1 Å². The molecular formula is C20H20N4O4. The smallest absolute Gasteiger partial charge is 0.353 e. The van der Waals surface area contributed by atoms with Gasteiger partial charge < -0.3 is 19.7 Å². The minimum atomic E-state index is -1.09. The molecule has 1 aromatic heterocycles. The lowest BCUT2D eigenvalue weighted by molar-refractivity contribution is -0.134. The number of benzene rings is 2. The molecule has 2 aromatic carbocycles. The maximum Gasteiger partial charge on any atom is 0.353 e. The van der Waals surface area contributed by atoms with Crippen LogP contribution in [-0.4, -0.2) is 28.6 Å². The topological polar surface area (TPSA) is 105 Å². The van der Waals surface area contributed by atoms with E-state index in [1.54, 1.807) is 41.0 Å². The van der Waals surface area contributed by atoms with E-state index in [2.05, 4.69) is 15.5 Å². The number of nitrogens with one attached hydrogen (secondary N) is 1. The number of para-hydroxylation sites is 3. The largest absolute Gasteiger partial charge is 0.495 e. The fourth-order valence-corrected chi connectivity index (χ4v) is 2.88. The Bertz CT molecular complexity index is 1060. The van der Waals surface area contributed by atoms with Crippen molar-refractivity contribution in [2.24, 2.45) is 10.2 Å². The molecule has 0 aliphatic carbocycles. The van der Waals surface area contributed by atoms with Gasteiger partial charge in [0.1, 0.15) is 5.75 Å². The Morgan fingerprint density at radius 3 is 2.61 bits per heavy atom. The van der Waals surface area contributed by atoms with Crippen LogP contribution in [0.15, 0.2) is 58.8 Å². The van der Waals surface area contributed by atoms with Crippen LogP contribution in [0.2, 0.25) is 0 Å². The minimum Gasteiger partial charge on any atom is -0.495 e. The van der Waals surface area contributed by atoms with E-state index in [9.17, 15) is 14.7 Å². The zero-order chi connectivity index (χ0) is 20.1. The molecular weight excluding hydrogens is 360 g/mol. The van der Waals surface area contributed by atoms with Crippen LogP contribution in [0, 0.1) is 0 Å². The van der Waals surface area contributed by atoms with Gasteiger partial charge in [-0.3, -0.25) is 9.59 Å². The standard InChI is InChI=1S/C20H20N4O4/c1-3-12-24-15-10-6-4-8-13(15)17(20(24)27)22-23-19(26)18(25)21-14-9-5-7-11-16(14)28-2/h4-11,27H,3,12H2,1-2H3,(H,21,25). The molecule has 0 spiro atoms. The number of carbonyl (C=O) groups is 2. The Hall–Kier alpha value is -3.68. The highest BCUT2D eigenvalue weighted by Gasteiger charge is 2.18. The predicted molar refractivity (Wildman–Crippen MR) is 105 cm³/mol. The first-order chi connectivity index (χ1) is 13.6. The van der Waals surface area contributed by atoms with E-state index in [0.29, 0.717) is 23.4 Å². The van der Waals surface area contributed by atoms with Crippen molar-refractivity contribution >= 4 is 34.1 Å². The zero-order valence-corrected chi connectivity index (χ0v) is 15.5. The van der Waals surface area contributed by atoms with Gasteiger partial charge in [0.2, 0.25) is 5.88 Å². The molecule has 0 saturated carbocycles. The van der Waals surface area contributed by atoms with Crippen LogP contribution >= 0.6 is 0 Å². The van der Waals surface area contributed by atoms with Gasteiger partial charge in [0, 0.05) is 11.9 Å². The third-order valence-electron chi connectivity index (χ3n) is 4.15. The summed E-state index contributed by atoms with van der Waals surface area (Å²) in [5.74, 6) is -1.71. The van der Waals surface area contributed by atoms with Crippen LogP contribution in [0.3, 0.4) is 0 Å². The Morgan fingerprint density at radius 1 is 1.14 bits per heavy atom. The number of ether oxygens (including phenoxy) is 1. The van der Waals surface area contributed by atoms with Gasteiger partial charge in [-0.25, -0.2) is 0 Å². The molecule has 8 heteroatoms. The summed E-state index contributed by atoms with van der Waals surface area (Å²) in [4.78, 5) is 24.2. The van der Waals surface area contributed by atoms with Crippen molar-refractivity contribution in [3.63, 3.8) is 0 Å². The molecule has 0 aliphatic rings. The molecule has 144 valence electrons. The molecule has 8 nitrogen and oxygen atoms in total. The maximum absolute atomic E-state index is 12.1. The number of methoxy groups -OCH3 is 1. The van der Waals surface area contributed by atoms with Crippen molar-refractivity contribution in [2.75, 3.05) is 12.4 Å². The summed E-state index contributed by atoms with van der Waals surface area (Å²) in [7, 11) is 1.46. The highest BCUT2D eigenvalue weighted by atomic mass is 16.5. The average molecular weight is 380 g/mol. The fourth-order valence-electron chi connectivity index (χ4n) is 2.88. The summed E-state index contributed by atoms with van der Waals surface area (Å²) < 4.78 is 6.83. The number of amides is 2. The van der Waals surface area contributed by atoms with E-state index < -0.39 is 11.8 Å². The Morgan fingerprint density at radius 2 is 1.86 bits per heavy atom. The first-order valence-electron chi connectivity index (χ1n) is 8.77. The van der Waals surface area contributed by atoms with Crippen molar-refractivity contribution in [1.29, 1.82) is 0 Å². The number of azo groups is 1. The molecule has 0 unspecified atom stereocenters. The highest BCUT2D eigenvalue weighted by molar-refractivity contribution is 6.40. The van der Waals surface area contributed by atoms with Crippen LogP contribution in [0.5, 0.6) is 11.6 Å². The van der Waals surface area contributed by atoms with Gasteiger partial charge in [0.15, 0.2) is 5.69 Å². The summed E-state index contributed by atoms with van der Waals surface area (Å²) >= 11 is 0. The van der Waals surface area contributed by atoms with Crippen molar-refractivity contribution in [3.05, 3.63) is 48.5 Å². The summed E-state index contributed by atoms with van der Waals surface area (Å²) in [6.07, 6.45) is 0.809. The molecule has 2 amide bonds. The highest BCUT2D eigenvalue weighted by Crippen LogP contribution is 2.38. The number of rotatable bonds is 5. The van der Waals surface area contributed by atoms with E-state index >= 15 is 0 Å². The van der Waals surface area contributed by atoms with Crippen molar-refractivity contribution in [2.45, 2.75) is 19.9 Å². The van der Waals surface area contributed by atoms with Gasteiger partial charge in [0.05, 0.1) is 18.3 Å². The van der Waals surface area contributed by atoms with E-state index in [-0.39, 0.29) is 11.6 Å². The molecule has 0 bridgehead atoms. The van der Waals surface area contributed by atoms with Gasteiger partial charge in [-0.15, -0.1) is 10.2 Å².